The number of amides is 3. The number of carbonyl (C=O) groups is 4. The summed E-state index contributed by atoms with van der Waals surface area (Å²) in [5.41, 5.74) is 4.13. The number of benzene rings is 1. The lowest BCUT2D eigenvalue weighted by molar-refractivity contribution is -0.152. The highest BCUT2D eigenvalue weighted by atomic mass is 35.6. The molecule has 1 aliphatic carbocycles. The molecule has 4 rings (SSSR count). The second-order valence-electron chi connectivity index (χ2n) is 22.0. The Bertz CT molecular complexity index is 2060. The summed E-state index contributed by atoms with van der Waals surface area (Å²) < 4.78 is 17.1. The summed E-state index contributed by atoms with van der Waals surface area (Å²) >= 11 is 17.2. The molecule has 0 unspecified atom stereocenters. The summed E-state index contributed by atoms with van der Waals surface area (Å²) in [6.07, 6.45) is 7.06. The third kappa shape index (κ3) is 14.5. The molecule has 1 saturated carbocycles. The minimum atomic E-state index is -2.14. The normalized spacial score (nSPS) is 23.0. The molecule has 2 heterocycles. The van der Waals surface area contributed by atoms with Crippen molar-refractivity contribution in [2.75, 3.05) is 13.2 Å². The maximum Gasteiger partial charge on any atom is 0.325 e. The van der Waals surface area contributed by atoms with E-state index in [1.807, 2.05) is 50.3 Å². The lowest BCUT2D eigenvalue weighted by Gasteiger charge is -2.49. The van der Waals surface area contributed by atoms with Crippen LogP contribution in [0.5, 0.6) is 0 Å². The monoisotopic (exact) mass is 995 g/mol. The van der Waals surface area contributed by atoms with Crippen molar-refractivity contribution in [1.82, 2.24) is 26.1 Å². The zero-order valence-electron chi connectivity index (χ0n) is 41.5. The SMILES string of the molecule is CC(C)[C@H](NC(=O)[C@]1(/C=C/c2ccc3ccc([C@@H](C)O[Si](C)(C)C(C)(C)C)nc3c2)CC[C@](C)(O[Si](C)(C)C(C)(C)C)CC1)C(=O)N[C@@H](C)C(=O)N1CCC[C@@H](C(=O)OCC(Cl)(Cl)Cl)N1. The number of hydrogen-bond donors (Lipinski definition) is 3. The number of alkyl halides is 3. The predicted molar refractivity (Wildman–Crippen MR) is 269 cm³/mol. The van der Waals surface area contributed by atoms with Crippen LogP contribution in [0.15, 0.2) is 36.4 Å². The van der Waals surface area contributed by atoms with Gasteiger partial charge in [-0.3, -0.25) is 29.2 Å². The molecule has 1 aromatic heterocycles. The van der Waals surface area contributed by atoms with Gasteiger partial charge in [0, 0.05) is 11.9 Å². The largest absolute Gasteiger partial charge is 0.460 e. The topological polar surface area (TPSA) is 148 Å². The van der Waals surface area contributed by atoms with Crippen molar-refractivity contribution in [2.45, 2.75) is 185 Å². The van der Waals surface area contributed by atoms with Crippen molar-refractivity contribution in [3.63, 3.8) is 0 Å². The van der Waals surface area contributed by atoms with E-state index in [-0.39, 0.29) is 28.0 Å². The summed E-state index contributed by atoms with van der Waals surface area (Å²) in [7, 11) is -4.18. The molecular formula is C48H76Cl3N5O7Si2. The van der Waals surface area contributed by atoms with Gasteiger partial charge in [0.05, 0.1) is 28.3 Å². The lowest BCUT2D eigenvalue weighted by atomic mass is 9.68. The van der Waals surface area contributed by atoms with Crippen LogP contribution in [0, 0.1) is 11.3 Å². The average molecular weight is 998 g/mol. The number of carbonyl (C=O) groups excluding carboxylic acids is 4. The number of nitrogens with one attached hydrogen (secondary N) is 3. The van der Waals surface area contributed by atoms with E-state index in [9.17, 15) is 19.2 Å². The summed E-state index contributed by atoms with van der Waals surface area (Å²) in [5.74, 6) is -2.17. The summed E-state index contributed by atoms with van der Waals surface area (Å²) in [4.78, 5) is 60.2. The van der Waals surface area contributed by atoms with Gasteiger partial charge >= 0.3 is 5.97 Å². The first-order chi connectivity index (χ1) is 29.7. The molecule has 364 valence electrons. The van der Waals surface area contributed by atoms with E-state index in [0.717, 1.165) is 22.2 Å². The first-order valence-corrected chi connectivity index (χ1v) is 30.0. The Morgan fingerprint density at radius 3 is 2.08 bits per heavy atom. The maximum atomic E-state index is 14.9. The molecule has 17 heteroatoms. The zero-order valence-corrected chi connectivity index (χ0v) is 45.7. The Hall–Kier alpha value is -2.57. The molecule has 2 aliphatic rings. The van der Waals surface area contributed by atoms with E-state index in [4.69, 9.17) is 53.4 Å². The third-order valence-corrected chi connectivity index (χ3v) is 23.6. The number of ether oxygens (including phenoxy) is 1. The van der Waals surface area contributed by atoms with Gasteiger partial charge in [0.2, 0.25) is 15.6 Å². The van der Waals surface area contributed by atoms with Gasteiger partial charge in [-0.25, -0.2) is 5.43 Å². The number of aromatic nitrogens is 1. The molecule has 12 nitrogen and oxygen atoms in total. The summed E-state index contributed by atoms with van der Waals surface area (Å²) in [5, 5.41) is 8.33. The number of esters is 1. The minimum absolute atomic E-state index is 0.0152. The van der Waals surface area contributed by atoms with E-state index >= 15 is 0 Å². The quantitative estimate of drug-likeness (QED) is 0.0901. The number of hydrazine groups is 1. The van der Waals surface area contributed by atoms with Gasteiger partial charge in [-0.15, -0.1) is 0 Å². The van der Waals surface area contributed by atoms with E-state index in [2.05, 4.69) is 104 Å². The van der Waals surface area contributed by atoms with Gasteiger partial charge in [-0.05, 0) is 119 Å². The molecule has 65 heavy (non-hydrogen) atoms. The molecule has 4 atom stereocenters. The zero-order chi connectivity index (χ0) is 49.1. The fourth-order valence-corrected chi connectivity index (χ4v) is 11.0. The molecule has 3 amide bonds. The molecular weight excluding hydrogens is 921 g/mol. The molecule has 1 saturated heterocycles. The van der Waals surface area contributed by atoms with Crippen molar-refractivity contribution >= 4 is 92.1 Å². The third-order valence-electron chi connectivity index (χ3n) is 14.1. The van der Waals surface area contributed by atoms with Crippen LogP contribution < -0.4 is 16.1 Å². The minimum Gasteiger partial charge on any atom is -0.460 e. The van der Waals surface area contributed by atoms with Crippen LogP contribution in [-0.2, 0) is 32.8 Å². The van der Waals surface area contributed by atoms with Crippen molar-refractivity contribution < 1.29 is 32.8 Å². The van der Waals surface area contributed by atoms with Gasteiger partial charge in [-0.1, -0.05) is 121 Å². The van der Waals surface area contributed by atoms with E-state index in [1.165, 1.54) is 5.01 Å². The molecule has 0 spiro atoms. The number of halogens is 3. The summed E-state index contributed by atoms with van der Waals surface area (Å²) in [6.45, 7) is 31.8. The number of fused-ring (bicyclic) bond motifs is 1. The molecule has 3 N–H and O–H groups in total. The number of nitrogens with zero attached hydrogens (tertiary/aromatic N) is 2. The van der Waals surface area contributed by atoms with Crippen molar-refractivity contribution in [3.05, 3.63) is 47.7 Å². The average Bonchev–Trinajstić information content (AvgIpc) is 3.19. The molecule has 2 aromatic rings. The Kier molecular flexibility index (Phi) is 17.8. The number of rotatable bonds is 15. The standard InChI is InChI=1S/C48H76Cl3N5O7Si2/c1-31(2)39(40(57)52-32(3)41(58)56-28-16-17-37(55-56)42(59)61-30-48(49,50)51)54-43(60)47(26-24-46(11,25-27-47)63-65(14,15)45(8,9)10)23-22-34-18-19-35-20-21-36(53-38(35)29-34)33(4)62-64(12,13)44(5,6)7/h18-23,29,31-33,37,39,55H,16-17,24-28,30H2,1-15H3,(H,52,57)(H,54,60)/b23-22+/t32-,33+,37-,39-,46-,47+/m0/s1. The second kappa shape index (κ2) is 21.0. The van der Waals surface area contributed by atoms with Crippen LogP contribution in [-0.4, -0.2) is 91.0 Å². The Morgan fingerprint density at radius 2 is 1.51 bits per heavy atom. The summed E-state index contributed by atoms with van der Waals surface area (Å²) in [6, 6.07) is 7.47. The predicted octanol–water partition coefficient (Wildman–Crippen LogP) is 10.7. The fourth-order valence-electron chi connectivity index (χ4n) is 7.77. The van der Waals surface area contributed by atoms with Gasteiger partial charge in [0.25, 0.3) is 5.91 Å². The van der Waals surface area contributed by atoms with Crippen molar-refractivity contribution in [3.8, 4) is 0 Å². The Morgan fingerprint density at radius 1 is 0.908 bits per heavy atom. The highest BCUT2D eigenvalue weighted by Gasteiger charge is 2.49. The van der Waals surface area contributed by atoms with Crippen molar-refractivity contribution in [1.29, 1.82) is 0 Å². The van der Waals surface area contributed by atoms with Crippen LogP contribution >= 0.6 is 34.8 Å². The fraction of sp³-hybridized carbons (Fsp3) is 0.688. The highest BCUT2D eigenvalue weighted by Crippen LogP contribution is 2.48. The second-order valence-corrected chi connectivity index (χ2v) is 34.0. The number of hydrogen-bond acceptors (Lipinski definition) is 9. The Balaban J connectivity index is 1.58. The van der Waals surface area contributed by atoms with E-state index in [0.29, 0.717) is 45.1 Å². The van der Waals surface area contributed by atoms with Gasteiger partial charge in [-0.2, -0.15) is 0 Å². The van der Waals surface area contributed by atoms with Crippen LogP contribution in [0.25, 0.3) is 17.0 Å². The molecule has 1 aromatic carbocycles. The van der Waals surface area contributed by atoms with Gasteiger partial charge in [0.1, 0.15) is 24.7 Å². The van der Waals surface area contributed by atoms with Crippen LogP contribution in [0.2, 0.25) is 36.3 Å². The maximum absolute atomic E-state index is 14.9. The number of pyridine rings is 1. The Labute approximate surface area is 405 Å². The molecule has 0 radical (unpaired) electrons. The molecule has 0 bridgehead atoms. The van der Waals surface area contributed by atoms with Gasteiger partial charge < -0.3 is 24.2 Å². The van der Waals surface area contributed by atoms with Crippen LogP contribution in [0.1, 0.15) is 132 Å². The molecule has 2 fully saturated rings. The first kappa shape index (κ1) is 55.0. The lowest BCUT2D eigenvalue weighted by Crippen LogP contribution is -2.61. The van der Waals surface area contributed by atoms with Gasteiger partial charge in [0.15, 0.2) is 16.6 Å². The first-order valence-electron chi connectivity index (χ1n) is 23.1. The van der Waals surface area contributed by atoms with E-state index < -0.39 is 74.0 Å². The van der Waals surface area contributed by atoms with Crippen LogP contribution in [0.4, 0.5) is 0 Å². The highest BCUT2D eigenvalue weighted by molar-refractivity contribution is 6.74. The smallest absolute Gasteiger partial charge is 0.325 e. The van der Waals surface area contributed by atoms with E-state index in [1.54, 1.807) is 6.92 Å². The van der Waals surface area contributed by atoms with Crippen molar-refractivity contribution in [2.24, 2.45) is 11.3 Å². The molecule has 1 aliphatic heterocycles. The van der Waals surface area contributed by atoms with Crippen LogP contribution in [0.3, 0.4) is 0 Å².